The van der Waals surface area contributed by atoms with Gasteiger partial charge in [-0.3, -0.25) is 4.57 Å². The lowest BCUT2D eigenvalue weighted by molar-refractivity contribution is -0.0498. The van der Waals surface area contributed by atoms with Crippen molar-refractivity contribution in [3.05, 3.63) is 67.0 Å². The summed E-state index contributed by atoms with van der Waals surface area (Å²) < 4.78 is 38.0. The number of thioether (sulfide) groups is 1. The van der Waals surface area contributed by atoms with Crippen molar-refractivity contribution in [1.29, 1.82) is 0 Å². The molecule has 0 saturated heterocycles. The molecular weight excluding hydrogens is 452 g/mol. The summed E-state index contributed by atoms with van der Waals surface area (Å²) in [7, 11) is 1.61. The van der Waals surface area contributed by atoms with Crippen molar-refractivity contribution in [2.45, 2.75) is 24.1 Å². The van der Waals surface area contributed by atoms with Crippen LogP contribution in [0.4, 0.5) is 8.78 Å². The van der Waals surface area contributed by atoms with Crippen molar-refractivity contribution < 1.29 is 18.3 Å². The fourth-order valence-electron chi connectivity index (χ4n) is 3.11. The van der Waals surface area contributed by atoms with Gasteiger partial charge < -0.3 is 9.47 Å². The van der Waals surface area contributed by atoms with Crippen LogP contribution in [0.1, 0.15) is 5.82 Å². The lowest BCUT2D eigenvalue weighted by Gasteiger charge is -2.10. The van der Waals surface area contributed by atoms with E-state index in [0.29, 0.717) is 40.5 Å². The van der Waals surface area contributed by atoms with E-state index in [-0.39, 0.29) is 5.75 Å². The third kappa shape index (κ3) is 5.00. The molecule has 4 rings (SSSR count). The first kappa shape index (κ1) is 22.4. The van der Waals surface area contributed by atoms with Crippen molar-refractivity contribution in [3.63, 3.8) is 0 Å². The Labute approximate surface area is 192 Å². The normalized spacial score (nSPS) is 11.0. The van der Waals surface area contributed by atoms with Crippen LogP contribution >= 0.6 is 11.8 Å². The summed E-state index contributed by atoms with van der Waals surface area (Å²) in [5.74, 6) is 2.34. The Bertz CT molecular complexity index is 1230. The molecule has 0 N–H and O–H groups in total. The molecule has 0 bridgehead atoms. The molecule has 12 heteroatoms. The Hall–Kier alpha value is -3.80. The van der Waals surface area contributed by atoms with Gasteiger partial charge in [0.2, 0.25) is 0 Å². The SMILES string of the molecule is C=CCn1c(SCc2nnnn2-c2ccc(OC(F)F)cc2)nnc1-c1ccccc1OC. The van der Waals surface area contributed by atoms with Crippen molar-refractivity contribution in [3.8, 4) is 28.6 Å². The molecule has 33 heavy (non-hydrogen) atoms. The number of ether oxygens (including phenoxy) is 2. The number of rotatable bonds is 10. The van der Waals surface area contributed by atoms with Crippen LogP contribution in [0.2, 0.25) is 0 Å². The smallest absolute Gasteiger partial charge is 0.387 e. The zero-order valence-electron chi connectivity index (χ0n) is 17.5. The van der Waals surface area contributed by atoms with Crippen LogP contribution < -0.4 is 9.47 Å². The van der Waals surface area contributed by atoms with Gasteiger partial charge >= 0.3 is 6.61 Å². The molecule has 2 aromatic carbocycles. The van der Waals surface area contributed by atoms with E-state index in [0.717, 1.165) is 5.56 Å². The number of hydrogen-bond acceptors (Lipinski definition) is 8. The molecule has 9 nitrogen and oxygen atoms in total. The van der Waals surface area contributed by atoms with Crippen LogP contribution in [0.5, 0.6) is 11.5 Å². The zero-order valence-corrected chi connectivity index (χ0v) is 18.3. The van der Waals surface area contributed by atoms with E-state index in [1.807, 2.05) is 28.8 Å². The Kier molecular flexibility index (Phi) is 6.93. The van der Waals surface area contributed by atoms with Gasteiger partial charge in [-0.25, -0.2) is 0 Å². The van der Waals surface area contributed by atoms with E-state index < -0.39 is 6.61 Å². The summed E-state index contributed by atoms with van der Waals surface area (Å²) in [6.07, 6.45) is 1.76. The number of aromatic nitrogens is 7. The molecule has 0 unspecified atom stereocenters. The summed E-state index contributed by atoms with van der Waals surface area (Å²) in [4.78, 5) is 0. The third-order valence-corrected chi connectivity index (χ3v) is 5.51. The Morgan fingerprint density at radius 2 is 1.88 bits per heavy atom. The number of alkyl halides is 2. The highest BCUT2D eigenvalue weighted by Gasteiger charge is 2.18. The van der Waals surface area contributed by atoms with E-state index in [9.17, 15) is 8.78 Å². The number of nitrogens with zero attached hydrogens (tertiary/aromatic N) is 7. The third-order valence-electron chi connectivity index (χ3n) is 4.55. The van der Waals surface area contributed by atoms with E-state index in [4.69, 9.17) is 4.74 Å². The van der Waals surface area contributed by atoms with Gasteiger partial charge in [0.25, 0.3) is 0 Å². The Balaban J connectivity index is 1.56. The van der Waals surface area contributed by atoms with Crippen LogP contribution in [-0.4, -0.2) is 48.7 Å². The maximum absolute atomic E-state index is 12.4. The summed E-state index contributed by atoms with van der Waals surface area (Å²) in [6.45, 7) is 1.45. The number of tetrazole rings is 1. The van der Waals surface area contributed by atoms with Crippen molar-refractivity contribution >= 4 is 11.8 Å². The van der Waals surface area contributed by atoms with Crippen LogP contribution in [0, 0.1) is 0 Å². The van der Waals surface area contributed by atoms with Crippen LogP contribution in [0.25, 0.3) is 17.1 Å². The number of methoxy groups -OCH3 is 1. The molecule has 0 amide bonds. The lowest BCUT2D eigenvalue weighted by atomic mass is 10.2. The second-order valence-electron chi connectivity index (χ2n) is 6.57. The molecule has 0 aliphatic rings. The summed E-state index contributed by atoms with van der Waals surface area (Å²) in [5, 5.41) is 21.2. The minimum absolute atomic E-state index is 0.0548. The van der Waals surface area contributed by atoms with Gasteiger partial charge in [0.15, 0.2) is 16.8 Å². The molecule has 0 aliphatic heterocycles. The quantitative estimate of drug-likeness (QED) is 0.253. The van der Waals surface area contributed by atoms with Gasteiger partial charge in [-0.2, -0.15) is 13.5 Å². The molecule has 0 aliphatic carbocycles. The highest BCUT2D eigenvalue weighted by Crippen LogP contribution is 2.31. The minimum atomic E-state index is -2.88. The minimum Gasteiger partial charge on any atom is -0.496 e. The van der Waals surface area contributed by atoms with Gasteiger partial charge in [-0.1, -0.05) is 30.0 Å². The first-order chi connectivity index (χ1) is 16.1. The van der Waals surface area contributed by atoms with E-state index >= 15 is 0 Å². The summed E-state index contributed by atoms with van der Waals surface area (Å²) in [6, 6.07) is 13.6. The first-order valence-corrected chi connectivity index (χ1v) is 10.7. The fraction of sp³-hybridized carbons (Fsp3) is 0.190. The molecule has 0 atom stereocenters. The maximum Gasteiger partial charge on any atom is 0.387 e. The maximum atomic E-state index is 12.4. The largest absolute Gasteiger partial charge is 0.496 e. The van der Waals surface area contributed by atoms with E-state index in [1.54, 1.807) is 25.3 Å². The molecule has 0 saturated carbocycles. The molecule has 2 aromatic heterocycles. The molecule has 170 valence electrons. The molecule has 4 aromatic rings. The van der Waals surface area contributed by atoms with Crippen molar-refractivity contribution in [2.24, 2.45) is 0 Å². The molecular formula is C21H19F2N7O2S. The number of benzene rings is 2. The Morgan fingerprint density at radius 3 is 2.61 bits per heavy atom. The average molecular weight is 471 g/mol. The van der Waals surface area contributed by atoms with Crippen LogP contribution in [-0.2, 0) is 12.3 Å². The molecule has 2 heterocycles. The van der Waals surface area contributed by atoms with Crippen LogP contribution in [0.15, 0.2) is 66.3 Å². The standard InChI is InChI=1S/C21H19F2N7O2S/c1-3-12-29-19(16-6-4-5-7-17(16)31-2)25-26-21(29)33-13-18-24-27-28-30(18)14-8-10-15(11-9-14)32-20(22)23/h3-11,20H,1,12-13H2,2H3. The fourth-order valence-corrected chi connectivity index (χ4v) is 3.97. The second-order valence-corrected chi connectivity index (χ2v) is 7.52. The van der Waals surface area contributed by atoms with E-state index in [1.165, 1.54) is 28.6 Å². The topological polar surface area (TPSA) is 92.8 Å². The predicted octanol–water partition coefficient (Wildman–Crippen LogP) is 4.01. The lowest BCUT2D eigenvalue weighted by Crippen LogP contribution is -2.05. The van der Waals surface area contributed by atoms with E-state index in [2.05, 4.69) is 37.0 Å². The predicted molar refractivity (Wildman–Crippen MR) is 118 cm³/mol. The van der Waals surface area contributed by atoms with Crippen LogP contribution in [0.3, 0.4) is 0 Å². The van der Waals surface area contributed by atoms with Gasteiger partial charge in [-0.15, -0.1) is 21.9 Å². The van der Waals surface area contributed by atoms with Gasteiger partial charge in [0, 0.05) is 6.54 Å². The number of hydrogen-bond donors (Lipinski definition) is 0. The number of halogens is 2. The van der Waals surface area contributed by atoms with Gasteiger partial charge in [0.1, 0.15) is 11.5 Å². The van der Waals surface area contributed by atoms with Gasteiger partial charge in [-0.05, 0) is 46.8 Å². The summed E-state index contributed by atoms with van der Waals surface area (Å²) >= 11 is 1.41. The number of para-hydroxylation sites is 1. The molecule has 0 radical (unpaired) electrons. The monoisotopic (exact) mass is 471 g/mol. The number of allylic oxidation sites excluding steroid dienone is 1. The highest BCUT2D eigenvalue weighted by atomic mass is 32.2. The summed E-state index contributed by atoms with van der Waals surface area (Å²) in [5.41, 5.74) is 1.43. The second kappa shape index (κ2) is 10.2. The highest BCUT2D eigenvalue weighted by molar-refractivity contribution is 7.98. The Morgan fingerprint density at radius 1 is 1.09 bits per heavy atom. The van der Waals surface area contributed by atoms with Crippen molar-refractivity contribution in [2.75, 3.05) is 7.11 Å². The first-order valence-electron chi connectivity index (χ1n) is 9.73. The molecule has 0 spiro atoms. The average Bonchev–Trinajstić information content (AvgIpc) is 3.45. The van der Waals surface area contributed by atoms with Gasteiger partial charge in [0.05, 0.1) is 24.1 Å². The zero-order chi connectivity index (χ0) is 23.2. The van der Waals surface area contributed by atoms with Crippen molar-refractivity contribution in [1.82, 2.24) is 35.0 Å². The molecule has 0 fully saturated rings.